The van der Waals surface area contributed by atoms with E-state index in [1.807, 2.05) is 18.2 Å². The Morgan fingerprint density at radius 1 is 1.24 bits per heavy atom. The third kappa shape index (κ3) is 2.98. The third-order valence-electron chi connectivity index (χ3n) is 4.21. The predicted molar refractivity (Wildman–Crippen MR) is 99.9 cm³/mol. The number of nitrogens with one attached hydrogen (secondary N) is 1. The average molecular weight is 373 g/mol. The van der Waals surface area contributed by atoms with Crippen molar-refractivity contribution in [3.05, 3.63) is 53.7 Å². The van der Waals surface area contributed by atoms with E-state index in [4.69, 9.17) is 0 Å². The summed E-state index contributed by atoms with van der Waals surface area (Å²) >= 11 is 1.41. The van der Waals surface area contributed by atoms with Gasteiger partial charge in [0.1, 0.15) is 0 Å². The van der Waals surface area contributed by atoms with E-state index in [-0.39, 0.29) is 5.91 Å². The van der Waals surface area contributed by atoms with Gasteiger partial charge in [0.2, 0.25) is 10.0 Å². The molecule has 0 radical (unpaired) electrons. The number of aromatic nitrogens is 1. The number of nitrogens with zero attached hydrogens (tertiary/aromatic N) is 2. The highest BCUT2D eigenvalue weighted by Crippen LogP contribution is 2.31. The van der Waals surface area contributed by atoms with Crippen LogP contribution in [0.3, 0.4) is 0 Å². The second kappa shape index (κ2) is 5.82. The first-order valence-corrected chi connectivity index (χ1v) is 10.3. The molecule has 0 bridgehead atoms. The summed E-state index contributed by atoms with van der Waals surface area (Å²) in [5, 5.41) is 3.87. The minimum atomic E-state index is -3.29. The highest BCUT2D eigenvalue weighted by Gasteiger charge is 2.26. The molecule has 0 unspecified atom stereocenters. The van der Waals surface area contributed by atoms with Crippen LogP contribution in [0.5, 0.6) is 0 Å². The van der Waals surface area contributed by atoms with Crippen LogP contribution in [0.2, 0.25) is 0 Å². The zero-order valence-corrected chi connectivity index (χ0v) is 15.0. The molecule has 6 nitrogen and oxygen atoms in total. The molecule has 0 atom stereocenters. The SMILES string of the molecule is CS(=O)(=O)N1CCc2cc(C(=O)Nc3ccc4sncc4c3)ccc21. The number of carbonyl (C=O) groups is 1. The van der Waals surface area contributed by atoms with Gasteiger partial charge in [-0.3, -0.25) is 9.10 Å². The van der Waals surface area contributed by atoms with Gasteiger partial charge in [0.05, 0.1) is 16.6 Å². The molecular formula is C17H15N3O3S2. The van der Waals surface area contributed by atoms with Crippen LogP contribution < -0.4 is 9.62 Å². The summed E-state index contributed by atoms with van der Waals surface area (Å²) in [6.45, 7) is 0.418. The number of fused-ring (bicyclic) bond motifs is 2. The fourth-order valence-electron chi connectivity index (χ4n) is 3.01. The Hall–Kier alpha value is -2.45. The average Bonchev–Trinajstić information content (AvgIpc) is 3.19. The zero-order valence-electron chi connectivity index (χ0n) is 13.4. The number of benzene rings is 2. The summed E-state index contributed by atoms with van der Waals surface area (Å²) in [5.41, 5.74) is 2.74. The topological polar surface area (TPSA) is 79.4 Å². The largest absolute Gasteiger partial charge is 0.322 e. The lowest BCUT2D eigenvalue weighted by Crippen LogP contribution is -2.27. The predicted octanol–water partition coefficient (Wildman–Crippen LogP) is 2.87. The van der Waals surface area contributed by atoms with Gasteiger partial charge in [-0.15, -0.1) is 0 Å². The fraction of sp³-hybridized carbons (Fsp3) is 0.176. The van der Waals surface area contributed by atoms with Crippen molar-refractivity contribution in [2.24, 2.45) is 0 Å². The molecule has 0 spiro atoms. The molecule has 4 rings (SSSR count). The molecular weight excluding hydrogens is 358 g/mol. The zero-order chi connectivity index (χ0) is 17.6. The van der Waals surface area contributed by atoms with Crippen molar-refractivity contribution in [1.82, 2.24) is 4.37 Å². The Bertz CT molecular complexity index is 1090. The van der Waals surface area contributed by atoms with Gasteiger partial charge in [0, 0.05) is 29.4 Å². The van der Waals surface area contributed by atoms with E-state index >= 15 is 0 Å². The normalized spacial score (nSPS) is 13.9. The summed E-state index contributed by atoms with van der Waals surface area (Å²) < 4.78 is 30.1. The molecule has 1 aliphatic rings. The van der Waals surface area contributed by atoms with E-state index in [9.17, 15) is 13.2 Å². The number of rotatable bonds is 3. The van der Waals surface area contributed by atoms with Gasteiger partial charge in [-0.25, -0.2) is 8.42 Å². The standard InChI is InChI=1S/C17H15N3O3S2/c1-25(22,23)20-7-6-11-8-12(2-4-15(11)20)17(21)19-14-3-5-16-13(9-14)10-18-24-16/h2-5,8-10H,6-7H2,1H3,(H,19,21). The van der Waals surface area contributed by atoms with E-state index in [2.05, 4.69) is 9.69 Å². The lowest BCUT2D eigenvalue weighted by Gasteiger charge is -2.16. The van der Waals surface area contributed by atoms with Crippen molar-refractivity contribution >= 4 is 48.9 Å². The Kier molecular flexibility index (Phi) is 3.73. The van der Waals surface area contributed by atoms with Gasteiger partial charge >= 0.3 is 0 Å². The lowest BCUT2D eigenvalue weighted by atomic mass is 10.1. The van der Waals surface area contributed by atoms with E-state index in [0.29, 0.717) is 29.9 Å². The molecule has 2 heterocycles. The van der Waals surface area contributed by atoms with Gasteiger partial charge in [-0.05, 0) is 59.9 Å². The molecule has 0 saturated carbocycles. The van der Waals surface area contributed by atoms with Crippen molar-refractivity contribution in [1.29, 1.82) is 0 Å². The highest BCUT2D eigenvalue weighted by atomic mass is 32.2. The van der Waals surface area contributed by atoms with Crippen LogP contribution in [0.1, 0.15) is 15.9 Å². The van der Waals surface area contributed by atoms with Crippen LogP contribution in [0.15, 0.2) is 42.6 Å². The summed E-state index contributed by atoms with van der Waals surface area (Å²) in [4.78, 5) is 12.5. The van der Waals surface area contributed by atoms with Crippen LogP contribution in [-0.2, 0) is 16.4 Å². The molecule has 2 aromatic carbocycles. The first kappa shape index (κ1) is 16.0. The van der Waals surface area contributed by atoms with Gasteiger partial charge in [0.15, 0.2) is 0 Å². The molecule has 3 aromatic rings. The molecule has 1 N–H and O–H groups in total. The van der Waals surface area contributed by atoms with Crippen LogP contribution in [0.25, 0.3) is 10.1 Å². The first-order chi connectivity index (χ1) is 11.9. The highest BCUT2D eigenvalue weighted by molar-refractivity contribution is 7.92. The molecule has 1 amide bonds. The molecule has 1 aromatic heterocycles. The molecule has 0 saturated heterocycles. The smallest absolute Gasteiger partial charge is 0.255 e. The lowest BCUT2D eigenvalue weighted by molar-refractivity contribution is 0.102. The van der Waals surface area contributed by atoms with Crippen molar-refractivity contribution in [2.45, 2.75) is 6.42 Å². The fourth-order valence-corrected chi connectivity index (χ4v) is 4.59. The number of hydrogen-bond acceptors (Lipinski definition) is 5. The van der Waals surface area contributed by atoms with Crippen molar-refractivity contribution in [3.63, 3.8) is 0 Å². The summed E-state index contributed by atoms with van der Waals surface area (Å²) in [6, 6.07) is 10.8. The van der Waals surface area contributed by atoms with Gasteiger partial charge in [-0.2, -0.15) is 4.37 Å². The summed E-state index contributed by atoms with van der Waals surface area (Å²) in [5.74, 6) is -0.219. The Labute approximate surface area is 149 Å². The first-order valence-electron chi connectivity index (χ1n) is 7.68. The number of anilines is 2. The Balaban J connectivity index is 1.59. The minimum absolute atomic E-state index is 0.219. The third-order valence-corrected chi connectivity index (χ3v) is 6.16. The molecule has 0 aliphatic carbocycles. The molecule has 8 heteroatoms. The number of carbonyl (C=O) groups excluding carboxylic acids is 1. The molecule has 1 aliphatic heterocycles. The number of amides is 1. The maximum atomic E-state index is 12.5. The van der Waals surface area contributed by atoms with E-state index in [0.717, 1.165) is 15.6 Å². The second-order valence-electron chi connectivity index (χ2n) is 5.96. The second-order valence-corrected chi connectivity index (χ2v) is 8.70. The summed E-state index contributed by atoms with van der Waals surface area (Å²) in [6.07, 6.45) is 3.57. The maximum Gasteiger partial charge on any atom is 0.255 e. The number of sulfonamides is 1. The number of hydrogen-bond donors (Lipinski definition) is 1. The maximum absolute atomic E-state index is 12.5. The molecule has 0 fully saturated rings. The van der Waals surface area contributed by atoms with Crippen LogP contribution in [0, 0.1) is 0 Å². The van der Waals surface area contributed by atoms with E-state index in [1.165, 1.54) is 22.1 Å². The quantitative estimate of drug-likeness (QED) is 0.766. The van der Waals surface area contributed by atoms with E-state index < -0.39 is 10.0 Å². The van der Waals surface area contributed by atoms with Gasteiger partial charge in [-0.1, -0.05) is 0 Å². The van der Waals surface area contributed by atoms with Crippen molar-refractivity contribution < 1.29 is 13.2 Å². The summed E-state index contributed by atoms with van der Waals surface area (Å²) in [7, 11) is -3.29. The Morgan fingerprint density at radius 2 is 2.08 bits per heavy atom. The minimum Gasteiger partial charge on any atom is -0.322 e. The molecule has 128 valence electrons. The van der Waals surface area contributed by atoms with E-state index in [1.54, 1.807) is 24.4 Å². The van der Waals surface area contributed by atoms with Crippen molar-refractivity contribution in [3.8, 4) is 0 Å². The Morgan fingerprint density at radius 3 is 2.88 bits per heavy atom. The van der Waals surface area contributed by atoms with Crippen LogP contribution in [-0.4, -0.2) is 31.5 Å². The molecule has 25 heavy (non-hydrogen) atoms. The van der Waals surface area contributed by atoms with Gasteiger partial charge < -0.3 is 5.32 Å². The van der Waals surface area contributed by atoms with Gasteiger partial charge in [0.25, 0.3) is 5.91 Å². The van der Waals surface area contributed by atoms with Crippen LogP contribution in [0.4, 0.5) is 11.4 Å². The van der Waals surface area contributed by atoms with Crippen LogP contribution >= 0.6 is 11.5 Å². The monoisotopic (exact) mass is 373 g/mol. The van der Waals surface area contributed by atoms with Crippen molar-refractivity contribution in [2.75, 3.05) is 22.4 Å².